The van der Waals surface area contributed by atoms with Gasteiger partial charge in [0, 0.05) is 10.9 Å². The molecule has 0 radical (unpaired) electrons. The molecule has 1 aromatic heterocycles. The zero-order chi connectivity index (χ0) is 11.5. The first-order valence-electron chi connectivity index (χ1n) is 4.64. The first-order valence-corrected chi connectivity index (χ1v) is 5.81. The molecule has 0 saturated carbocycles. The first kappa shape index (κ1) is 11.4. The molecule has 0 saturated heterocycles. The number of benzene rings is 1. The monoisotopic (exact) mass is 298 g/mol. The number of hydrogen-bond donors (Lipinski definition) is 1. The molecule has 0 unspecified atom stereocenters. The maximum absolute atomic E-state index is 11.0. The summed E-state index contributed by atoms with van der Waals surface area (Å²) in [7, 11) is 0. The van der Waals surface area contributed by atoms with Crippen LogP contribution in [0.5, 0.6) is 0 Å². The Morgan fingerprint density at radius 1 is 1.38 bits per heavy atom. The van der Waals surface area contributed by atoms with Gasteiger partial charge in [-0.2, -0.15) is 5.10 Å². The van der Waals surface area contributed by atoms with Crippen LogP contribution in [0.4, 0.5) is 0 Å². The predicted molar refractivity (Wildman–Crippen MR) is 66.8 cm³/mol. The van der Waals surface area contributed by atoms with Gasteiger partial charge < -0.3 is 0 Å². The van der Waals surface area contributed by atoms with E-state index in [0.717, 1.165) is 15.7 Å². The molecule has 0 aliphatic heterocycles. The van der Waals surface area contributed by atoms with Crippen molar-refractivity contribution in [2.45, 2.75) is 6.42 Å². The molecule has 82 valence electrons. The van der Waals surface area contributed by atoms with E-state index >= 15 is 0 Å². The number of H-pyrrole nitrogens is 1. The highest BCUT2D eigenvalue weighted by atomic mass is 79.9. The average molecular weight is 300 g/mol. The lowest BCUT2D eigenvalue weighted by Crippen LogP contribution is -2.10. The summed E-state index contributed by atoms with van der Waals surface area (Å²) in [5.74, 6) is 0. The van der Waals surface area contributed by atoms with E-state index in [1.807, 2.05) is 24.3 Å². The lowest BCUT2D eigenvalue weighted by Gasteiger charge is -2.03. The number of rotatable bonds is 2. The Kier molecular flexibility index (Phi) is 3.41. The lowest BCUT2D eigenvalue weighted by atomic mass is 10.1. The van der Waals surface area contributed by atoms with Gasteiger partial charge in [0.15, 0.2) is 0 Å². The molecular weight excluding hydrogens is 291 g/mol. The Labute approximate surface area is 106 Å². The third-order valence-corrected chi connectivity index (χ3v) is 3.20. The van der Waals surface area contributed by atoms with E-state index in [9.17, 15) is 4.79 Å². The van der Waals surface area contributed by atoms with Gasteiger partial charge in [0.05, 0.1) is 5.69 Å². The summed E-state index contributed by atoms with van der Waals surface area (Å²) in [5, 5.41) is 6.45. The van der Waals surface area contributed by atoms with Crippen LogP contribution >= 0.6 is 27.5 Å². The van der Waals surface area contributed by atoms with Crippen LogP contribution in [0.2, 0.25) is 5.02 Å². The van der Waals surface area contributed by atoms with Gasteiger partial charge in [-0.25, -0.2) is 5.10 Å². The van der Waals surface area contributed by atoms with E-state index in [1.54, 1.807) is 6.07 Å². The lowest BCUT2D eigenvalue weighted by molar-refractivity contribution is 0.909. The topological polar surface area (TPSA) is 45.8 Å². The third-order valence-electron chi connectivity index (χ3n) is 2.14. The summed E-state index contributed by atoms with van der Waals surface area (Å²) in [5.41, 5.74) is 1.46. The molecule has 1 heterocycles. The molecule has 2 rings (SSSR count). The van der Waals surface area contributed by atoms with Crippen molar-refractivity contribution in [1.82, 2.24) is 10.2 Å². The first-order chi connectivity index (χ1) is 7.66. The number of aromatic nitrogens is 2. The van der Waals surface area contributed by atoms with Crippen molar-refractivity contribution >= 4 is 27.5 Å². The smallest absolute Gasteiger partial charge is 0.266 e. The molecule has 16 heavy (non-hydrogen) atoms. The van der Waals surface area contributed by atoms with Gasteiger partial charge in [-0.3, -0.25) is 4.79 Å². The fourth-order valence-corrected chi connectivity index (χ4v) is 1.94. The van der Waals surface area contributed by atoms with Gasteiger partial charge in [-0.15, -0.1) is 0 Å². The standard InChI is InChI=1S/C11H8BrClN2O/c12-9-4-2-1-3-7(9)5-8-6-10(13)11(16)15-14-8/h1-4,6H,5H2,(H,15,16). The number of nitrogens with zero attached hydrogens (tertiary/aromatic N) is 1. The normalized spacial score (nSPS) is 10.4. The maximum atomic E-state index is 11.0. The van der Waals surface area contributed by atoms with E-state index < -0.39 is 0 Å². The number of hydrogen-bond acceptors (Lipinski definition) is 2. The van der Waals surface area contributed by atoms with Gasteiger partial charge in [0.1, 0.15) is 5.02 Å². The van der Waals surface area contributed by atoms with Gasteiger partial charge in [0.25, 0.3) is 5.56 Å². The van der Waals surface area contributed by atoms with Crippen LogP contribution in [0.15, 0.2) is 39.6 Å². The summed E-state index contributed by atoms with van der Waals surface area (Å²) >= 11 is 9.18. The number of aromatic amines is 1. The van der Waals surface area contributed by atoms with Crippen LogP contribution in [0.1, 0.15) is 11.3 Å². The Morgan fingerprint density at radius 2 is 2.12 bits per heavy atom. The molecule has 3 nitrogen and oxygen atoms in total. The van der Waals surface area contributed by atoms with Crippen LogP contribution < -0.4 is 5.56 Å². The van der Waals surface area contributed by atoms with Gasteiger partial charge in [-0.05, 0) is 17.7 Å². The quantitative estimate of drug-likeness (QED) is 0.927. The fourth-order valence-electron chi connectivity index (χ4n) is 1.35. The number of halogens is 2. The van der Waals surface area contributed by atoms with E-state index in [1.165, 1.54) is 0 Å². The van der Waals surface area contributed by atoms with Crippen LogP contribution in [-0.4, -0.2) is 10.2 Å². The second kappa shape index (κ2) is 4.80. The van der Waals surface area contributed by atoms with Crippen LogP contribution in [0, 0.1) is 0 Å². The zero-order valence-electron chi connectivity index (χ0n) is 8.21. The van der Waals surface area contributed by atoms with Crippen molar-refractivity contribution in [2.75, 3.05) is 0 Å². The van der Waals surface area contributed by atoms with Crippen molar-refractivity contribution in [3.63, 3.8) is 0 Å². The minimum Gasteiger partial charge on any atom is -0.266 e. The molecule has 0 bridgehead atoms. The van der Waals surface area contributed by atoms with E-state index in [-0.39, 0.29) is 10.6 Å². The average Bonchev–Trinajstić information content (AvgIpc) is 2.27. The molecule has 1 aromatic carbocycles. The molecule has 1 N–H and O–H groups in total. The van der Waals surface area contributed by atoms with Gasteiger partial charge in [0.2, 0.25) is 0 Å². The molecule has 0 aliphatic carbocycles. The van der Waals surface area contributed by atoms with Crippen LogP contribution in [0.3, 0.4) is 0 Å². The third kappa shape index (κ3) is 2.51. The fraction of sp³-hybridized carbons (Fsp3) is 0.0909. The summed E-state index contributed by atoms with van der Waals surface area (Å²) in [6.07, 6.45) is 0.623. The second-order valence-electron chi connectivity index (χ2n) is 3.30. The van der Waals surface area contributed by atoms with E-state index in [0.29, 0.717) is 6.42 Å². The van der Waals surface area contributed by atoms with Gasteiger partial charge >= 0.3 is 0 Å². The molecule has 0 atom stereocenters. The van der Waals surface area contributed by atoms with Crippen molar-refractivity contribution in [3.05, 3.63) is 61.4 Å². The SMILES string of the molecule is O=c1[nH]nc(Cc2ccccc2Br)cc1Cl. The van der Waals surface area contributed by atoms with E-state index in [2.05, 4.69) is 26.1 Å². The molecule has 0 aliphatic rings. The summed E-state index contributed by atoms with van der Waals surface area (Å²) < 4.78 is 1.01. The van der Waals surface area contributed by atoms with Crippen molar-refractivity contribution in [3.8, 4) is 0 Å². The summed E-state index contributed by atoms with van der Waals surface area (Å²) in [6, 6.07) is 9.43. The molecule has 2 aromatic rings. The highest BCUT2D eigenvalue weighted by Gasteiger charge is 2.04. The van der Waals surface area contributed by atoms with Crippen molar-refractivity contribution < 1.29 is 0 Å². The zero-order valence-corrected chi connectivity index (χ0v) is 10.5. The Morgan fingerprint density at radius 3 is 2.81 bits per heavy atom. The van der Waals surface area contributed by atoms with Crippen LogP contribution in [0.25, 0.3) is 0 Å². The molecule has 0 amide bonds. The van der Waals surface area contributed by atoms with Crippen molar-refractivity contribution in [1.29, 1.82) is 0 Å². The van der Waals surface area contributed by atoms with Gasteiger partial charge in [-0.1, -0.05) is 45.7 Å². The largest absolute Gasteiger partial charge is 0.282 e. The van der Waals surface area contributed by atoms with Crippen LogP contribution in [-0.2, 0) is 6.42 Å². The van der Waals surface area contributed by atoms with E-state index in [4.69, 9.17) is 11.6 Å². The molecule has 5 heteroatoms. The highest BCUT2D eigenvalue weighted by Crippen LogP contribution is 2.18. The van der Waals surface area contributed by atoms with Crippen molar-refractivity contribution in [2.24, 2.45) is 0 Å². The summed E-state index contributed by atoms with van der Waals surface area (Å²) in [6.45, 7) is 0. The highest BCUT2D eigenvalue weighted by molar-refractivity contribution is 9.10. The molecule has 0 spiro atoms. The minimum atomic E-state index is -0.363. The predicted octanol–water partition coefficient (Wildman–Crippen LogP) is 2.78. The summed E-state index contributed by atoms with van der Waals surface area (Å²) in [4.78, 5) is 11.0. The number of nitrogens with one attached hydrogen (secondary N) is 1. The minimum absolute atomic E-state index is 0.164. The Balaban J connectivity index is 2.31. The second-order valence-corrected chi connectivity index (χ2v) is 4.57. The molecular formula is C11H8BrClN2O. The maximum Gasteiger partial charge on any atom is 0.282 e. The molecule has 0 fully saturated rings. The Bertz CT molecular complexity index is 568. The Hall–Kier alpha value is -1.13.